The van der Waals surface area contributed by atoms with Gasteiger partial charge in [-0.05, 0) is 31.0 Å². The third-order valence-corrected chi connectivity index (χ3v) is 4.65. The number of halogens is 1. The molecule has 0 bridgehead atoms. The second kappa shape index (κ2) is 10.1. The molecule has 2 aromatic rings. The fourth-order valence-electron chi connectivity index (χ4n) is 2.62. The minimum atomic E-state index is -0.146. The van der Waals surface area contributed by atoms with Gasteiger partial charge in [0.1, 0.15) is 5.76 Å². The topological polar surface area (TPSA) is 91.6 Å². The Labute approximate surface area is 168 Å². The van der Waals surface area contributed by atoms with E-state index in [-0.39, 0.29) is 12.5 Å². The monoisotopic (exact) mass is 435 g/mol. The maximum absolute atomic E-state index is 12.2. The molecule has 27 heavy (non-hydrogen) atoms. The number of nitrogens with one attached hydrogen (secondary N) is 3. The smallest absolute Gasteiger partial charge is 0.243 e. The molecule has 0 spiro atoms. The Bertz CT molecular complexity index is 795. The van der Waals surface area contributed by atoms with Crippen LogP contribution in [0.1, 0.15) is 36.4 Å². The average molecular weight is 436 g/mol. The molecule has 1 aromatic carbocycles. The molecule has 0 unspecified atom stereocenters. The van der Waals surface area contributed by atoms with Gasteiger partial charge < -0.3 is 20.5 Å². The molecule has 1 aromatic heterocycles. The number of benzene rings is 1. The number of aromatic nitrogens is 1. The minimum absolute atomic E-state index is 0.108. The Morgan fingerprint density at radius 1 is 1.26 bits per heavy atom. The highest BCUT2D eigenvalue weighted by Gasteiger charge is 2.14. The quantitative estimate of drug-likeness (QED) is 0.458. The van der Waals surface area contributed by atoms with Crippen molar-refractivity contribution < 1.29 is 9.32 Å². The average Bonchev–Trinajstić information content (AvgIpc) is 3.06. The highest BCUT2D eigenvalue weighted by Crippen LogP contribution is 2.20. The van der Waals surface area contributed by atoms with Crippen molar-refractivity contribution in [3.05, 3.63) is 45.3 Å². The largest absolute Gasteiger partial charge is 0.361 e. The van der Waals surface area contributed by atoms with Gasteiger partial charge in [-0.1, -0.05) is 41.0 Å². The number of guanidine groups is 1. The molecule has 1 heterocycles. The lowest BCUT2D eigenvalue weighted by molar-refractivity contribution is -0.115. The standard InChI is InChI=1S/C19H26BrN5O2/c1-5-15-14(17(6-2)27-25-15)10-22-19(21-4)23-11-18(26)24-16-9-13(20)8-7-12(16)3/h7-9H,5-6,10-11H2,1-4H3,(H,24,26)(H2,21,22,23). The number of carbonyl (C=O) groups is 1. The number of aryl methyl sites for hydroxylation is 3. The zero-order valence-electron chi connectivity index (χ0n) is 16.1. The van der Waals surface area contributed by atoms with E-state index >= 15 is 0 Å². The van der Waals surface area contributed by atoms with Gasteiger partial charge in [-0.15, -0.1) is 0 Å². The number of nitrogens with zero attached hydrogens (tertiary/aromatic N) is 2. The summed E-state index contributed by atoms with van der Waals surface area (Å²) in [6.45, 7) is 6.68. The van der Waals surface area contributed by atoms with Gasteiger partial charge in [0, 0.05) is 35.7 Å². The highest BCUT2D eigenvalue weighted by atomic mass is 79.9. The Kier molecular flexibility index (Phi) is 7.84. The maximum Gasteiger partial charge on any atom is 0.243 e. The van der Waals surface area contributed by atoms with E-state index in [1.54, 1.807) is 7.05 Å². The molecule has 1 amide bonds. The second-order valence-corrected chi connectivity index (χ2v) is 6.94. The summed E-state index contributed by atoms with van der Waals surface area (Å²) < 4.78 is 6.29. The lowest BCUT2D eigenvalue weighted by Gasteiger charge is -2.13. The first-order chi connectivity index (χ1) is 13.0. The third-order valence-electron chi connectivity index (χ3n) is 4.15. The molecule has 0 saturated heterocycles. The van der Waals surface area contributed by atoms with Gasteiger partial charge in [0.2, 0.25) is 5.91 Å². The van der Waals surface area contributed by atoms with E-state index in [2.05, 4.69) is 42.0 Å². The zero-order valence-corrected chi connectivity index (χ0v) is 17.7. The van der Waals surface area contributed by atoms with Crippen LogP contribution in [0.15, 0.2) is 32.2 Å². The van der Waals surface area contributed by atoms with E-state index in [9.17, 15) is 4.79 Å². The molecular formula is C19H26BrN5O2. The molecule has 0 atom stereocenters. The lowest BCUT2D eigenvalue weighted by Crippen LogP contribution is -2.41. The first-order valence-corrected chi connectivity index (χ1v) is 9.74. The van der Waals surface area contributed by atoms with Crippen molar-refractivity contribution in [1.82, 2.24) is 15.8 Å². The van der Waals surface area contributed by atoms with Crippen LogP contribution in [-0.2, 0) is 24.2 Å². The molecule has 8 heteroatoms. The summed E-state index contributed by atoms with van der Waals surface area (Å²) in [5, 5.41) is 13.2. The van der Waals surface area contributed by atoms with E-state index in [1.165, 1.54) is 0 Å². The second-order valence-electron chi connectivity index (χ2n) is 6.02. The van der Waals surface area contributed by atoms with Crippen molar-refractivity contribution in [3.8, 4) is 0 Å². The van der Waals surface area contributed by atoms with Crippen LogP contribution in [0.25, 0.3) is 0 Å². The number of hydrogen-bond acceptors (Lipinski definition) is 4. The third kappa shape index (κ3) is 5.82. The fraction of sp³-hybridized carbons (Fsp3) is 0.421. The number of carbonyl (C=O) groups excluding carboxylic acids is 1. The van der Waals surface area contributed by atoms with Gasteiger partial charge in [0.15, 0.2) is 5.96 Å². The van der Waals surface area contributed by atoms with Gasteiger partial charge >= 0.3 is 0 Å². The maximum atomic E-state index is 12.2. The molecular weight excluding hydrogens is 410 g/mol. The van der Waals surface area contributed by atoms with Crippen LogP contribution in [0.3, 0.4) is 0 Å². The van der Waals surface area contributed by atoms with E-state index in [1.807, 2.05) is 39.0 Å². The number of amides is 1. The van der Waals surface area contributed by atoms with Crippen LogP contribution in [0, 0.1) is 6.92 Å². The zero-order chi connectivity index (χ0) is 19.8. The van der Waals surface area contributed by atoms with E-state index < -0.39 is 0 Å². The fourth-order valence-corrected chi connectivity index (χ4v) is 2.98. The van der Waals surface area contributed by atoms with Crippen molar-refractivity contribution in [2.75, 3.05) is 18.9 Å². The van der Waals surface area contributed by atoms with Gasteiger partial charge in [-0.2, -0.15) is 0 Å². The lowest BCUT2D eigenvalue weighted by atomic mass is 10.1. The van der Waals surface area contributed by atoms with Gasteiger partial charge in [0.05, 0.1) is 12.2 Å². The van der Waals surface area contributed by atoms with Crippen LogP contribution in [0.2, 0.25) is 0 Å². The van der Waals surface area contributed by atoms with Crippen LogP contribution in [-0.4, -0.2) is 30.6 Å². The Morgan fingerprint density at radius 3 is 2.70 bits per heavy atom. The summed E-state index contributed by atoms with van der Waals surface area (Å²) in [6.07, 6.45) is 1.59. The van der Waals surface area contributed by atoms with E-state index in [0.29, 0.717) is 12.5 Å². The van der Waals surface area contributed by atoms with Crippen LogP contribution in [0.5, 0.6) is 0 Å². The van der Waals surface area contributed by atoms with Crippen molar-refractivity contribution in [1.29, 1.82) is 0 Å². The molecule has 7 nitrogen and oxygen atoms in total. The Hall–Kier alpha value is -2.35. The summed E-state index contributed by atoms with van der Waals surface area (Å²) >= 11 is 3.41. The van der Waals surface area contributed by atoms with Crippen LogP contribution < -0.4 is 16.0 Å². The number of rotatable bonds is 7. The molecule has 0 fully saturated rings. The molecule has 0 aliphatic carbocycles. The summed E-state index contributed by atoms with van der Waals surface area (Å²) in [6, 6.07) is 5.77. The van der Waals surface area contributed by atoms with Gasteiger partial charge in [0.25, 0.3) is 0 Å². The molecule has 2 rings (SSSR count). The van der Waals surface area contributed by atoms with Crippen LogP contribution in [0.4, 0.5) is 5.69 Å². The number of anilines is 1. The highest BCUT2D eigenvalue weighted by molar-refractivity contribution is 9.10. The van der Waals surface area contributed by atoms with E-state index in [0.717, 1.165) is 45.6 Å². The summed E-state index contributed by atoms with van der Waals surface area (Å²) in [5.41, 5.74) is 3.78. The Balaban J connectivity index is 1.89. The summed E-state index contributed by atoms with van der Waals surface area (Å²) in [5.74, 6) is 1.27. The van der Waals surface area contributed by atoms with Crippen LogP contribution >= 0.6 is 15.9 Å². The summed E-state index contributed by atoms with van der Waals surface area (Å²) in [4.78, 5) is 16.4. The van der Waals surface area contributed by atoms with Crippen molar-refractivity contribution >= 4 is 33.5 Å². The molecule has 146 valence electrons. The summed E-state index contributed by atoms with van der Waals surface area (Å²) in [7, 11) is 1.67. The van der Waals surface area contributed by atoms with Gasteiger partial charge in [-0.3, -0.25) is 9.79 Å². The SMILES string of the molecule is CCc1noc(CC)c1CNC(=NC)NCC(=O)Nc1cc(Br)ccc1C. The molecule has 3 N–H and O–H groups in total. The van der Waals surface area contributed by atoms with E-state index in [4.69, 9.17) is 4.52 Å². The van der Waals surface area contributed by atoms with Crippen molar-refractivity contribution in [3.63, 3.8) is 0 Å². The Morgan fingerprint density at radius 2 is 2.04 bits per heavy atom. The molecule has 0 aliphatic heterocycles. The molecule has 0 aliphatic rings. The normalized spacial score (nSPS) is 11.4. The molecule has 0 radical (unpaired) electrons. The molecule has 0 saturated carbocycles. The predicted octanol–water partition coefficient (Wildman–Crippen LogP) is 3.17. The number of aliphatic imine (C=N–C) groups is 1. The first-order valence-electron chi connectivity index (χ1n) is 8.95. The number of hydrogen-bond donors (Lipinski definition) is 3. The van der Waals surface area contributed by atoms with Gasteiger partial charge in [-0.25, -0.2) is 0 Å². The first kappa shape index (κ1) is 21.0. The van der Waals surface area contributed by atoms with Crippen molar-refractivity contribution in [2.45, 2.75) is 40.2 Å². The predicted molar refractivity (Wildman–Crippen MR) is 111 cm³/mol. The minimum Gasteiger partial charge on any atom is -0.361 e. The van der Waals surface area contributed by atoms with Crippen molar-refractivity contribution in [2.24, 2.45) is 4.99 Å².